The molecule has 0 aliphatic rings. The number of hydrogen-bond donors (Lipinski definition) is 2. The number of hydrogen-bond acceptors (Lipinski definition) is 4. The summed E-state index contributed by atoms with van der Waals surface area (Å²) in [6.45, 7) is 6.02. The van der Waals surface area contributed by atoms with Crippen molar-refractivity contribution in [2.24, 2.45) is 0 Å². The van der Waals surface area contributed by atoms with Crippen molar-refractivity contribution in [3.63, 3.8) is 0 Å². The van der Waals surface area contributed by atoms with Gasteiger partial charge >= 0.3 is 0 Å². The highest BCUT2D eigenvalue weighted by Gasteiger charge is 2.11. The van der Waals surface area contributed by atoms with E-state index in [1.165, 1.54) is 11.8 Å². The van der Waals surface area contributed by atoms with E-state index in [4.69, 9.17) is 4.98 Å². The molecule has 0 saturated heterocycles. The third-order valence-electron chi connectivity index (χ3n) is 4.33. The first kappa shape index (κ1) is 19.9. The lowest BCUT2D eigenvalue weighted by Crippen LogP contribution is -2.42. The van der Waals surface area contributed by atoms with E-state index in [1.54, 1.807) is 18.2 Å². The minimum Gasteiger partial charge on any atom is -0.272 e. The Hall–Kier alpha value is -2.86. The molecular formula is C22H23N3O2S. The van der Waals surface area contributed by atoms with Crippen molar-refractivity contribution < 1.29 is 9.59 Å². The topological polar surface area (TPSA) is 71.1 Å². The first-order valence-corrected chi connectivity index (χ1v) is 10.1. The zero-order valence-corrected chi connectivity index (χ0v) is 17.0. The summed E-state index contributed by atoms with van der Waals surface area (Å²) in [6.07, 6.45) is 0.838. The number of carbonyl (C=O) groups excluding carboxylic acids is 2. The first-order valence-electron chi connectivity index (χ1n) is 9.15. The van der Waals surface area contributed by atoms with Crippen LogP contribution < -0.4 is 10.9 Å². The Bertz CT molecular complexity index is 1030. The number of rotatable bonds is 5. The van der Waals surface area contributed by atoms with Crippen molar-refractivity contribution in [3.05, 3.63) is 70.8 Å². The highest BCUT2D eigenvalue weighted by Crippen LogP contribution is 2.26. The van der Waals surface area contributed by atoms with E-state index >= 15 is 0 Å². The molecule has 0 radical (unpaired) electrons. The highest BCUT2D eigenvalue weighted by molar-refractivity contribution is 7.99. The molecule has 144 valence electrons. The number of carbonyl (C=O) groups is 2. The van der Waals surface area contributed by atoms with Gasteiger partial charge in [0.15, 0.2) is 0 Å². The van der Waals surface area contributed by atoms with Crippen LogP contribution >= 0.6 is 11.8 Å². The van der Waals surface area contributed by atoms with Gasteiger partial charge in [0.25, 0.3) is 5.91 Å². The number of hydrazine groups is 1. The molecule has 5 nitrogen and oxygen atoms in total. The summed E-state index contributed by atoms with van der Waals surface area (Å²) in [5, 5.41) is 1.95. The van der Waals surface area contributed by atoms with Crippen LogP contribution in [-0.2, 0) is 11.2 Å². The molecule has 1 aromatic heterocycles. The van der Waals surface area contributed by atoms with Gasteiger partial charge in [0, 0.05) is 10.9 Å². The lowest BCUT2D eigenvalue weighted by atomic mass is 10.1. The number of amides is 2. The minimum absolute atomic E-state index is 0.172. The van der Waals surface area contributed by atoms with Crippen LogP contribution in [0.4, 0.5) is 0 Å². The van der Waals surface area contributed by atoms with Gasteiger partial charge in [-0.05, 0) is 55.7 Å². The summed E-state index contributed by atoms with van der Waals surface area (Å²) >= 11 is 1.38. The Balaban J connectivity index is 1.61. The van der Waals surface area contributed by atoms with Crippen LogP contribution in [0.3, 0.4) is 0 Å². The maximum absolute atomic E-state index is 12.2. The average Bonchev–Trinajstić information content (AvgIpc) is 2.69. The Kier molecular flexibility index (Phi) is 6.31. The third kappa shape index (κ3) is 4.89. The number of pyridine rings is 1. The van der Waals surface area contributed by atoms with Crippen LogP contribution in [0.5, 0.6) is 0 Å². The quantitative estimate of drug-likeness (QED) is 0.508. The van der Waals surface area contributed by atoms with Gasteiger partial charge in [-0.15, -0.1) is 0 Å². The second kappa shape index (κ2) is 8.89. The number of thioether (sulfide) groups is 1. The van der Waals surface area contributed by atoms with Gasteiger partial charge in [0.2, 0.25) is 5.91 Å². The summed E-state index contributed by atoms with van der Waals surface area (Å²) in [5.41, 5.74) is 9.60. The van der Waals surface area contributed by atoms with Crippen molar-refractivity contribution in [1.82, 2.24) is 15.8 Å². The van der Waals surface area contributed by atoms with Gasteiger partial charge in [-0.3, -0.25) is 20.4 Å². The van der Waals surface area contributed by atoms with Crippen LogP contribution in [0.2, 0.25) is 0 Å². The molecule has 0 aliphatic carbocycles. The van der Waals surface area contributed by atoms with Crippen molar-refractivity contribution in [2.75, 3.05) is 5.75 Å². The molecule has 3 aromatic rings. The average molecular weight is 394 g/mol. The molecule has 0 aliphatic heterocycles. The van der Waals surface area contributed by atoms with Crippen molar-refractivity contribution >= 4 is 34.5 Å². The molecular weight excluding hydrogens is 370 g/mol. The van der Waals surface area contributed by atoms with E-state index in [0.29, 0.717) is 5.56 Å². The predicted molar refractivity (Wildman–Crippen MR) is 113 cm³/mol. The fourth-order valence-corrected chi connectivity index (χ4v) is 3.73. The van der Waals surface area contributed by atoms with Gasteiger partial charge in [-0.1, -0.05) is 48.5 Å². The number of aryl methyl sites for hydroxylation is 3. The summed E-state index contributed by atoms with van der Waals surface area (Å²) in [6, 6.07) is 15.5. The molecule has 2 amide bonds. The normalized spacial score (nSPS) is 10.7. The summed E-state index contributed by atoms with van der Waals surface area (Å²) < 4.78 is 0. The standard InChI is InChI=1S/C22H23N3O2S/c1-4-16-12-17-9-8-15(3)11-19(17)23-22(16)28-13-20(26)24-25-21(27)18-7-5-6-14(2)10-18/h5-12H,4,13H2,1-3H3,(H,24,26)(H,25,27). The van der Waals surface area contributed by atoms with E-state index < -0.39 is 0 Å². The SMILES string of the molecule is CCc1cc2ccc(C)cc2nc1SCC(=O)NNC(=O)c1cccc(C)c1. The van der Waals surface area contributed by atoms with Crippen molar-refractivity contribution in [2.45, 2.75) is 32.2 Å². The molecule has 0 unspecified atom stereocenters. The smallest absolute Gasteiger partial charge is 0.269 e. The monoisotopic (exact) mass is 393 g/mol. The Morgan fingerprint density at radius 2 is 1.79 bits per heavy atom. The van der Waals surface area contributed by atoms with E-state index in [9.17, 15) is 9.59 Å². The summed E-state index contributed by atoms with van der Waals surface area (Å²) in [4.78, 5) is 29.0. The van der Waals surface area contributed by atoms with Crippen molar-refractivity contribution in [1.29, 1.82) is 0 Å². The Labute approximate surface area is 168 Å². The minimum atomic E-state index is -0.337. The molecule has 0 atom stereocenters. The maximum atomic E-state index is 12.2. The van der Waals surface area contributed by atoms with Gasteiger partial charge in [-0.25, -0.2) is 4.98 Å². The van der Waals surface area contributed by atoms with Crippen molar-refractivity contribution in [3.8, 4) is 0 Å². The molecule has 28 heavy (non-hydrogen) atoms. The molecule has 0 fully saturated rings. The lowest BCUT2D eigenvalue weighted by molar-refractivity contribution is -0.119. The predicted octanol–water partition coefficient (Wildman–Crippen LogP) is 3.97. The van der Waals surface area contributed by atoms with Crippen LogP contribution in [0, 0.1) is 13.8 Å². The second-order valence-electron chi connectivity index (χ2n) is 6.66. The number of benzene rings is 2. The van der Waals surface area contributed by atoms with Crippen LogP contribution in [-0.4, -0.2) is 22.6 Å². The fraction of sp³-hybridized carbons (Fsp3) is 0.227. The van der Waals surface area contributed by atoms with Crippen LogP contribution in [0.15, 0.2) is 53.6 Å². The molecule has 0 saturated carbocycles. The molecule has 6 heteroatoms. The molecule has 2 N–H and O–H groups in total. The van der Waals surface area contributed by atoms with Gasteiger partial charge < -0.3 is 0 Å². The molecule has 2 aromatic carbocycles. The maximum Gasteiger partial charge on any atom is 0.269 e. The van der Waals surface area contributed by atoms with E-state index in [1.807, 2.05) is 26.0 Å². The zero-order chi connectivity index (χ0) is 20.1. The molecule has 3 rings (SSSR count). The van der Waals surface area contributed by atoms with Gasteiger partial charge in [0.1, 0.15) is 5.03 Å². The molecule has 0 bridgehead atoms. The Morgan fingerprint density at radius 3 is 2.54 bits per heavy atom. The number of aromatic nitrogens is 1. The van der Waals surface area contributed by atoms with E-state index in [2.05, 4.69) is 36.0 Å². The number of nitrogens with one attached hydrogen (secondary N) is 2. The summed E-state index contributed by atoms with van der Waals surface area (Å²) in [5.74, 6) is -0.444. The largest absolute Gasteiger partial charge is 0.272 e. The van der Waals surface area contributed by atoms with Crippen LogP contribution in [0.25, 0.3) is 10.9 Å². The van der Waals surface area contributed by atoms with E-state index in [0.717, 1.165) is 39.0 Å². The Morgan fingerprint density at radius 1 is 1.00 bits per heavy atom. The number of fused-ring (bicyclic) bond motifs is 1. The third-order valence-corrected chi connectivity index (χ3v) is 5.36. The first-order chi connectivity index (χ1) is 13.5. The molecule has 0 spiro atoms. The van der Waals surface area contributed by atoms with E-state index in [-0.39, 0.29) is 17.6 Å². The zero-order valence-electron chi connectivity index (χ0n) is 16.2. The summed E-state index contributed by atoms with van der Waals surface area (Å²) in [7, 11) is 0. The molecule has 1 heterocycles. The lowest BCUT2D eigenvalue weighted by Gasteiger charge is -2.10. The number of nitrogens with zero attached hydrogens (tertiary/aromatic N) is 1. The fourth-order valence-electron chi connectivity index (χ4n) is 2.84. The van der Waals surface area contributed by atoms with Crippen LogP contribution in [0.1, 0.15) is 34.0 Å². The second-order valence-corrected chi connectivity index (χ2v) is 7.63. The van der Waals surface area contributed by atoms with Gasteiger partial charge in [0.05, 0.1) is 11.3 Å². The van der Waals surface area contributed by atoms with Gasteiger partial charge in [-0.2, -0.15) is 0 Å². The highest BCUT2D eigenvalue weighted by atomic mass is 32.2.